The number of aromatic nitrogens is 1. The van der Waals surface area contributed by atoms with Crippen molar-refractivity contribution in [1.29, 1.82) is 0 Å². The van der Waals surface area contributed by atoms with Crippen LogP contribution in [0.1, 0.15) is 42.3 Å². The number of aromatic amines is 1. The van der Waals surface area contributed by atoms with Gasteiger partial charge in [0.1, 0.15) is 0 Å². The summed E-state index contributed by atoms with van der Waals surface area (Å²) < 4.78 is 0. The van der Waals surface area contributed by atoms with Gasteiger partial charge in [0.05, 0.1) is 5.71 Å². The molecule has 1 aliphatic rings. The van der Waals surface area contributed by atoms with Crippen LogP contribution in [0.25, 0.3) is 0 Å². The Hall–Kier alpha value is -2.27. The van der Waals surface area contributed by atoms with Crippen LogP contribution < -0.4 is 10.7 Å². The van der Waals surface area contributed by atoms with E-state index in [1.807, 2.05) is 0 Å². The third kappa shape index (κ3) is 3.46. The molecular formula is C18H21ClN4O. The van der Waals surface area contributed by atoms with Crippen molar-refractivity contribution in [3.05, 3.63) is 51.8 Å². The van der Waals surface area contributed by atoms with Gasteiger partial charge in [0, 0.05) is 27.7 Å². The SMILES string of the molecule is CCc1c(C)[nH]c2c1/C(=N/NC(=O)Nc1ccc(Cl)cc1)CCC2. The van der Waals surface area contributed by atoms with Gasteiger partial charge in [0.25, 0.3) is 0 Å². The zero-order valence-electron chi connectivity index (χ0n) is 13.9. The topological polar surface area (TPSA) is 69.3 Å². The minimum absolute atomic E-state index is 0.359. The summed E-state index contributed by atoms with van der Waals surface area (Å²) >= 11 is 5.84. The third-order valence-corrected chi connectivity index (χ3v) is 4.52. The predicted octanol–water partition coefficient (Wildman–Crippen LogP) is 4.40. The zero-order chi connectivity index (χ0) is 17.1. The van der Waals surface area contributed by atoms with Crippen LogP contribution in [-0.2, 0) is 12.8 Å². The third-order valence-electron chi connectivity index (χ3n) is 4.27. The number of anilines is 1. The molecule has 0 unspecified atom stereocenters. The van der Waals surface area contributed by atoms with Crippen molar-refractivity contribution in [2.45, 2.75) is 39.5 Å². The van der Waals surface area contributed by atoms with Crippen LogP contribution in [-0.4, -0.2) is 16.7 Å². The van der Waals surface area contributed by atoms with E-state index in [0.717, 1.165) is 31.4 Å². The fourth-order valence-electron chi connectivity index (χ4n) is 3.19. The van der Waals surface area contributed by atoms with Gasteiger partial charge < -0.3 is 10.3 Å². The van der Waals surface area contributed by atoms with E-state index >= 15 is 0 Å². The molecule has 0 spiro atoms. The molecule has 3 rings (SSSR count). The predicted molar refractivity (Wildman–Crippen MR) is 98.0 cm³/mol. The summed E-state index contributed by atoms with van der Waals surface area (Å²) in [5.74, 6) is 0. The lowest BCUT2D eigenvalue weighted by atomic mass is 9.91. The molecule has 1 heterocycles. The second-order valence-electron chi connectivity index (χ2n) is 5.92. The Balaban J connectivity index is 1.74. The molecule has 1 aromatic heterocycles. The van der Waals surface area contributed by atoms with E-state index in [9.17, 15) is 4.79 Å². The molecule has 5 nitrogen and oxygen atoms in total. The fraction of sp³-hybridized carbons (Fsp3) is 0.333. The van der Waals surface area contributed by atoms with E-state index in [4.69, 9.17) is 11.6 Å². The number of H-pyrrole nitrogens is 1. The van der Waals surface area contributed by atoms with Gasteiger partial charge in [0.2, 0.25) is 0 Å². The molecule has 0 fully saturated rings. The van der Waals surface area contributed by atoms with Gasteiger partial charge in [-0.1, -0.05) is 18.5 Å². The first-order chi connectivity index (χ1) is 11.6. The molecule has 2 amide bonds. The normalized spacial score (nSPS) is 15.2. The summed E-state index contributed by atoms with van der Waals surface area (Å²) in [4.78, 5) is 15.5. The maximum absolute atomic E-state index is 12.0. The Labute approximate surface area is 146 Å². The van der Waals surface area contributed by atoms with Gasteiger partial charge in [-0.2, -0.15) is 5.10 Å². The van der Waals surface area contributed by atoms with Gasteiger partial charge in [-0.15, -0.1) is 0 Å². The molecule has 1 aromatic carbocycles. The summed E-state index contributed by atoms with van der Waals surface area (Å²) in [5.41, 5.74) is 9.14. The van der Waals surface area contributed by atoms with E-state index < -0.39 is 0 Å². The minimum Gasteiger partial charge on any atom is -0.362 e. The van der Waals surface area contributed by atoms with E-state index in [2.05, 4.69) is 34.7 Å². The maximum Gasteiger partial charge on any atom is 0.339 e. The first kappa shape index (κ1) is 16.6. The Bertz CT molecular complexity index is 777. The van der Waals surface area contributed by atoms with Crippen LogP contribution in [0, 0.1) is 6.92 Å². The number of benzene rings is 1. The smallest absolute Gasteiger partial charge is 0.339 e. The monoisotopic (exact) mass is 344 g/mol. The molecule has 2 aromatic rings. The van der Waals surface area contributed by atoms with Crippen molar-refractivity contribution in [2.75, 3.05) is 5.32 Å². The number of nitrogens with zero attached hydrogens (tertiary/aromatic N) is 1. The second-order valence-corrected chi connectivity index (χ2v) is 6.36. The van der Waals surface area contributed by atoms with E-state index in [1.165, 1.54) is 22.5 Å². The molecule has 0 saturated heterocycles. The van der Waals surface area contributed by atoms with Crippen molar-refractivity contribution in [1.82, 2.24) is 10.4 Å². The molecule has 0 saturated carbocycles. The second kappa shape index (κ2) is 7.09. The number of nitrogens with one attached hydrogen (secondary N) is 3. The average molecular weight is 345 g/mol. The highest BCUT2D eigenvalue weighted by Gasteiger charge is 2.22. The lowest BCUT2D eigenvalue weighted by molar-refractivity contribution is 0.252. The van der Waals surface area contributed by atoms with E-state index in [1.54, 1.807) is 24.3 Å². The molecular weight excluding hydrogens is 324 g/mol. The Morgan fingerprint density at radius 3 is 2.75 bits per heavy atom. The van der Waals surface area contributed by atoms with Crippen LogP contribution in [0.4, 0.5) is 10.5 Å². The number of hydrogen-bond donors (Lipinski definition) is 3. The molecule has 3 N–H and O–H groups in total. The zero-order valence-corrected chi connectivity index (χ0v) is 14.6. The van der Waals surface area contributed by atoms with Crippen LogP contribution in [0.3, 0.4) is 0 Å². The standard InChI is InChI=1S/C18H21ClN4O/c1-3-14-11(2)20-15-5-4-6-16(17(14)15)22-23-18(24)21-13-9-7-12(19)8-10-13/h7-10,20H,3-6H2,1-2H3,(H2,21,23,24)/b22-16+. The highest BCUT2D eigenvalue weighted by Crippen LogP contribution is 2.27. The van der Waals surface area contributed by atoms with Crippen molar-refractivity contribution in [2.24, 2.45) is 5.10 Å². The number of aryl methyl sites for hydroxylation is 2. The molecule has 24 heavy (non-hydrogen) atoms. The number of hydrazone groups is 1. The van der Waals surface area contributed by atoms with Gasteiger partial charge in [-0.3, -0.25) is 0 Å². The highest BCUT2D eigenvalue weighted by atomic mass is 35.5. The van der Waals surface area contributed by atoms with Crippen molar-refractivity contribution in [3.8, 4) is 0 Å². The van der Waals surface area contributed by atoms with E-state index in [0.29, 0.717) is 10.7 Å². The minimum atomic E-state index is -0.359. The van der Waals surface area contributed by atoms with Gasteiger partial charge in [-0.25, -0.2) is 10.2 Å². The number of carbonyl (C=O) groups excluding carboxylic acids is 1. The lowest BCUT2D eigenvalue weighted by Gasteiger charge is -2.15. The quantitative estimate of drug-likeness (QED) is 0.709. The molecule has 6 heteroatoms. The van der Waals surface area contributed by atoms with Crippen LogP contribution in [0.15, 0.2) is 29.4 Å². The molecule has 0 radical (unpaired) electrons. The first-order valence-electron chi connectivity index (χ1n) is 8.18. The number of hydrogen-bond acceptors (Lipinski definition) is 2. The number of urea groups is 1. The fourth-order valence-corrected chi connectivity index (χ4v) is 3.32. The van der Waals surface area contributed by atoms with Gasteiger partial charge in [-0.05, 0) is 62.4 Å². The Morgan fingerprint density at radius 2 is 2.04 bits per heavy atom. The number of amides is 2. The van der Waals surface area contributed by atoms with Gasteiger partial charge in [0.15, 0.2) is 0 Å². The van der Waals surface area contributed by atoms with Crippen molar-refractivity contribution >= 4 is 29.0 Å². The van der Waals surface area contributed by atoms with Crippen LogP contribution in [0.2, 0.25) is 5.02 Å². The molecule has 126 valence electrons. The molecule has 1 aliphatic carbocycles. The number of carbonyl (C=O) groups is 1. The first-order valence-corrected chi connectivity index (χ1v) is 8.56. The molecule has 0 atom stereocenters. The summed E-state index contributed by atoms with van der Waals surface area (Å²) in [6.45, 7) is 4.23. The van der Waals surface area contributed by atoms with E-state index in [-0.39, 0.29) is 6.03 Å². The van der Waals surface area contributed by atoms with Crippen LogP contribution >= 0.6 is 11.6 Å². The molecule has 0 bridgehead atoms. The number of fused-ring (bicyclic) bond motifs is 1. The maximum atomic E-state index is 12.0. The summed E-state index contributed by atoms with van der Waals surface area (Å²) in [7, 11) is 0. The number of rotatable bonds is 3. The Morgan fingerprint density at radius 1 is 1.29 bits per heavy atom. The largest absolute Gasteiger partial charge is 0.362 e. The summed E-state index contributed by atoms with van der Waals surface area (Å²) in [6.07, 6.45) is 3.90. The lowest BCUT2D eigenvalue weighted by Crippen LogP contribution is -2.26. The molecule has 0 aliphatic heterocycles. The van der Waals surface area contributed by atoms with Gasteiger partial charge >= 0.3 is 6.03 Å². The summed E-state index contributed by atoms with van der Waals surface area (Å²) in [6, 6.07) is 6.60. The van der Waals surface area contributed by atoms with Crippen molar-refractivity contribution in [3.63, 3.8) is 0 Å². The Kier molecular flexibility index (Phi) is 4.90. The van der Waals surface area contributed by atoms with Crippen molar-refractivity contribution < 1.29 is 4.79 Å². The summed E-state index contributed by atoms with van der Waals surface area (Å²) in [5, 5.41) is 7.74. The highest BCUT2D eigenvalue weighted by molar-refractivity contribution is 6.30. The number of halogens is 1. The van der Waals surface area contributed by atoms with Crippen LogP contribution in [0.5, 0.6) is 0 Å². The average Bonchev–Trinajstić information content (AvgIpc) is 2.90.